The predicted octanol–water partition coefficient (Wildman–Crippen LogP) is 1.92. The monoisotopic (exact) mass is 415 g/mol. The van der Waals surface area contributed by atoms with E-state index in [-0.39, 0.29) is 23.9 Å². The summed E-state index contributed by atoms with van der Waals surface area (Å²) in [6, 6.07) is 4.51. The van der Waals surface area contributed by atoms with E-state index in [4.69, 9.17) is 15.2 Å². The quantitative estimate of drug-likeness (QED) is 0.458. The number of carbonyl (C=O) groups is 1. The number of methoxy groups -OCH3 is 2. The van der Waals surface area contributed by atoms with Gasteiger partial charge >= 0.3 is 0 Å². The summed E-state index contributed by atoms with van der Waals surface area (Å²) in [5, 5.41) is 10.1. The van der Waals surface area contributed by atoms with Crippen molar-refractivity contribution in [1.29, 1.82) is 0 Å². The molecule has 0 aliphatic heterocycles. The number of primary amides is 1. The zero-order valence-corrected chi connectivity index (χ0v) is 16.6. The molecule has 0 saturated heterocycles. The Morgan fingerprint density at radius 1 is 1.30 bits per heavy atom. The number of benzene rings is 1. The summed E-state index contributed by atoms with van der Waals surface area (Å²) in [6.45, 7) is 1.15. The summed E-state index contributed by atoms with van der Waals surface area (Å²) < 4.78 is 26.1. The van der Waals surface area contributed by atoms with Crippen LogP contribution in [0.3, 0.4) is 0 Å². The molecule has 11 heteroatoms. The molecular formula is C19H22FN7O3. The topological polar surface area (TPSA) is 129 Å². The lowest BCUT2D eigenvalue weighted by Crippen LogP contribution is -2.17. The van der Waals surface area contributed by atoms with Crippen molar-refractivity contribution in [3.8, 4) is 5.75 Å². The number of hydrogen-bond donors (Lipinski definition) is 3. The highest BCUT2D eigenvalue weighted by molar-refractivity contribution is 5.97. The molecule has 0 aliphatic carbocycles. The van der Waals surface area contributed by atoms with Crippen LogP contribution in [0.25, 0.3) is 0 Å². The van der Waals surface area contributed by atoms with Gasteiger partial charge in [0.05, 0.1) is 37.7 Å². The fraction of sp³-hybridized carbons (Fsp3) is 0.263. The van der Waals surface area contributed by atoms with Crippen LogP contribution in [0.1, 0.15) is 15.9 Å². The van der Waals surface area contributed by atoms with E-state index in [1.807, 2.05) is 0 Å². The number of amides is 1. The van der Waals surface area contributed by atoms with Gasteiger partial charge in [0.25, 0.3) is 5.91 Å². The maximum atomic E-state index is 14.2. The molecule has 0 unspecified atom stereocenters. The number of ether oxygens (including phenoxy) is 2. The summed E-state index contributed by atoms with van der Waals surface area (Å²) >= 11 is 0. The van der Waals surface area contributed by atoms with Crippen LogP contribution in [-0.2, 0) is 17.8 Å². The van der Waals surface area contributed by atoms with Crippen LogP contribution in [0.2, 0.25) is 0 Å². The van der Waals surface area contributed by atoms with Crippen molar-refractivity contribution >= 4 is 23.4 Å². The molecule has 0 atom stereocenters. The molecule has 1 amide bonds. The molecule has 10 nitrogen and oxygen atoms in total. The Morgan fingerprint density at radius 2 is 2.13 bits per heavy atom. The zero-order valence-electron chi connectivity index (χ0n) is 16.6. The standard InChI is InChI=1S/C19H22FN7O3/c1-29-7-6-27-11-12(8-24-27)25-19-23-10-14(17(21)28)18(26-19)22-9-13-15(20)4-3-5-16(13)30-2/h3-5,8,10-11H,6-7,9H2,1-2H3,(H2,21,28)(H2,22,23,25,26). The SMILES string of the molecule is COCCn1cc(Nc2ncc(C(N)=O)c(NCc3c(F)cccc3OC)n2)cn1. The first-order chi connectivity index (χ1) is 14.5. The van der Waals surface area contributed by atoms with E-state index in [0.29, 0.717) is 30.2 Å². The number of nitrogens with two attached hydrogens (primary N) is 1. The first kappa shape index (κ1) is 21.0. The number of halogens is 1. The van der Waals surface area contributed by atoms with Crippen LogP contribution >= 0.6 is 0 Å². The maximum Gasteiger partial charge on any atom is 0.254 e. The molecule has 2 aromatic heterocycles. The number of nitrogens with zero attached hydrogens (tertiary/aromatic N) is 4. The van der Waals surface area contributed by atoms with Gasteiger partial charge in [0.2, 0.25) is 5.95 Å². The second-order valence-corrected chi connectivity index (χ2v) is 6.20. The van der Waals surface area contributed by atoms with Crippen LogP contribution in [0.15, 0.2) is 36.8 Å². The molecular weight excluding hydrogens is 393 g/mol. The van der Waals surface area contributed by atoms with Gasteiger partial charge in [0.15, 0.2) is 0 Å². The summed E-state index contributed by atoms with van der Waals surface area (Å²) in [7, 11) is 3.06. The minimum Gasteiger partial charge on any atom is -0.496 e. The summed E-state index contributed by atoms with van der Waals surface area (Å²) in [6.07, 6.45) is 4.67. The van der Waals surface area contributed by atoms with Crippen molar-refractivity contribution in [3.05, 3.63) is 53.7 Å². The summed E-state index contributed by atoms with van der Waals surface area (Å²) in [5.74, 6) is -0.402. The van der Waals surface area contributed by atoms with E-state index in [9.17, 15) is 9.18 Å². The third-order valence-electron chi connectivity index (χ3n) is 4.20. The van der Waals surface area contributed by atoms with Crippen molar-refractivity contribution in [3.63, 3.8) is 0 Å². The third-order valence-corrected chi connectivity index (χ3v) is 4.20. The number of hydrogen-bond acceptors (Lipinski definition) is 8. The fourth-order valence-corrected chi connectivity index (χ4v) is 2.70. The third kappa shape index (κ3) is 5.00. The molecule has 30 heavy (non-hydrogen) atoms. The van der Waals surface area contributed by atoms with Gasteiger partial charge in [-0.05, 0) is 12.1 Å². The van der Waals surface area contributed by atoms with E-state index >= 15 is 0 Å². The van der Waals surface area contributed by atoms with Crippen LogP contribution in [0.4, 0.5) is 21.8 Å². The lowest BCUT2D eigenvalue weighted by Gasteiger charge is -2.13. The van der Waals surface area contributed by atoms with Crippen molar-refractivity contribution in [2.45, 2.75) is 13.1 Å². The van der Waals surface area contributed by atoms with Gasteiger partial charge in [-0.15, -0.1) is 0 Å². The molecule has 0 fully saturated rings. The fourth-order valence-electron chi connectivity index (χ4n) is 2.70. The van der Waals surface area contributed by atoms with Gasteiger partial charge in [-0.25, -0.2) is 9.37 Å². The van der Waals surface area contributed by atoms with E-state index in [1.165, 1.54) is 19.4 Å². The molecule has 0 radical (unpaired) electrons. The normalized spacial score (nSPS) is 10.6. The number of nitrogens with one attached hydrogen (secondary N) is 2. The number of anilines is 3. The van der Waals surface area contributed by atoms with E-state index in [1.54, 1.807) is 36.3 Å². The molecule has 2 heterocycles. The highest BCUT2D eigenvalue weighted by atomic mass is 19.1. The van der Waals surface area contributed by atoms with Crippen molar-refractivity contribution in [2.75, 3.05) is 31.5 Å². The van der Waals surface area contributed by atoms with Gasteiger partial charge < -0.3 is 25.8 Å². The minimum atomic E-state index is -0.711. The molecule has 158 valence electrons. The lowest BCUT2D eigenvalue weighted by atomic mass is 10.2. The number of rotatable bonds is 10. The Labute approximate surface area is 172 Å². The van der Waals surface area contributed by atoms with Gasteiger partial charge in [0, 0.05) is 31.6 Å². The van der Waals surface area contributed by atoms with E-state index in [2.05, 4.69) is 25.7 Å². The molecule has 3 rings (SSSR count). The zero-order chi connectivity index (χ0) is 21.5. The van der Waals surface area contributed by atoms with E-state index < -0.39 is 11.7 Å². The average molecular weight is 415 g/mol. The first-order valence-corrected chi connectivity index (χ1v) is 9.02. The Bertz CT molecular complexity index is 1030. The van der Waals surface area contributed by atoms with Crippen LogP contribution in [0.5, 0.6) is 5.75 Å². The largest absolute Gasteiger partial charge is 0.496 e. The lowest BCUT2D eigenvalue weighted by molar-refractivity contribution is 0.100. The van der Waals surface area contributed by atoms with Gasteiger partial charge in [0.1, 0.15) is 17.4 Å². The van der Waals surface area contributed by atoms with Gasteiger partial charge in [-0.3, -0.25) is 9.48 Å². The van der Waals surface area contributed by atoms with Crippen LogP contribution in [-0.4, -0.2) is 46.5 Å². The average Bonchev–Trinajstić information content (AvgIpc) is 3.18. The molecule has 0 bridgehead atoms. The van der Waals surface area contributed by atoms with E-state index in [0.717, 1.165) is 0 Å². The summed E-state index contributed by atoms with van der Waals surface area (Å²) in [4.78, 5) is 20.2. The Hall–Kier alpha value is -3.73. The Morgan fingerprint density at radius 3 is 2.87 bits per heavy atom. The molecule has 1 aromatic carbocycles. The second kappa shape index (κ2) is 9.65. The van der Waals surface area contributed by atoms with Crippen LogP contribution in [0, 0.1) is 5.82 Å². The van der Waals surface area contributed by atoms with Gasteiger partial charge in [-0.2, -0.15) is 10.1 Å². The Kier molecular flexibility index (Phi) is 6.75. The highest BCUT2D eigenvalue weighted by Gasteiger charge is 2.15. The van der Waals surface area contributed by atoms with Crippen LogP contribution < -0.4 is 21.1 Å². The second-order valence-electron chi connectivity index (χ2n) is 6.20. The molecule has 0 spiro atoms. The number of carbonyl (C=O) groups excluding carboxylic acids is 1. The van der Waals surface area contributed by atoms with Crippen molar-refractivity contribution in [1.82, 2.24) is 19.7 Å². The summed E-state index contributed by atoms with van der Waals surface area (Å²) in [5.41, 5.74) is 6.44. The predicted molar refractivity (Wildman–Crippen MR) is 108 cm³/mol. The maximum absolute atomic E-state index is 14.2. The highest BCUT2D eigenvalue weighted by Crippen LogP contribution is 2.23. The first-order valence-electron chi connectivity index (χ1n) is 9.02. The Balaban J connectivity index is 1.80. The molecule has 0 saturated carbocycles. The molecule has 3 aromatic rings. The molecule has 0 aliphatic rings. The van der Waals surface area contributed by atoms with Crippen molar-refractivity contribution in [2.24, 2.45) is 5.73 Å². The number of aromatic nitrogens is 4. The smallest absolute Gasteiger partial charge is 0.254 e. The van der Waals surface area contributed by atoms with Gasteiger partial charge in [-0.1, -0.05) is 6.07 Å². The van der Waals surface area contributed by atoms with Crippen molar-refractivity contribution < 1.29 is 18.7 Å². The minimum absolute atomic E-state index is 0.0293. The molecule has 4 N–H and O–H groups in total.